The van der Waals surface area contributed by atoms with E-state index < -0.39 is 11.8 Å². The van der Waals surface area contributed by atoms with Gasteiger partial charge in [0.15, 0.2) is 0 Å². The van der Waals surface area contributed by atoms with Crippen LogP contribution in [0.4, 0.5) is 0 Å². The summed E-state index contributed by atoms with van der Waals surface area (Å²) < 4.78 is 10.7. The molecule has 126 valence electrons. The maximum Gasteiger partial charge on any atom is 0.343 e. The Balaban J connectivity index is 3.39. The summed E-state index contributed by atoms with van der Waals surface area (Å²) in [6, 6.07) is 3.07. The minimum absolute atomic E-state index is 0.0983. The highest BCUT2D eigenvalue weighted by Crippen LogP contribution is 2.29. The van der Waals surface area contributed by atoms with Gasteiger partial charge in [-0.2, -0.15) is 0 Å². The van der Waals surface area contributed by atoms with Gasteiger partial charge in [-0.1, -0.05) is 15.9 Å². The van der Waals surface area contributed by atoms with Crippen molar-refractivity contribution < 1.29 is 24.2 Å². The van der Waals surface area contributed by atoms with Crippen molar-refractivity contribution >= 4 is 27.7 Å². The Morgan fingerprint density at radius 3 is 2.48 bits per heavy atom. The summed E-state index contributed by atoms with van der Waals surface area (Å²) in [4.78, 5) is 26.4. The molecule has 0 fully saturated rings. The van der Waals surface area contributed by atoms with Gasteiger partial charge in [0.2, 0.25) is 5.78 Å². The summed E-state index contributed by atoms with van der Waals surface area (Å²) in [6.07, 6.45) is 1.41. The third-order valence-corrected chi connectivity index (χ3v) is 3.65. The molecule has 0 aliphatic heterocycles. The lowest BCUT2D eigenvalue weighted by atomic mass is 10.0. The molecule has 1 aromatic rings. The molecule has 0 aliphatic carbocycles. The maximum absolute atomic E-state index is 12.8. The summed E-state index contributed by atoms with van der Waals surface area (Å²) in [5, 5.41) is 9.29. The van der Waals surface area contributed by atoms with E-state index in [1.54, 1.807) is 32.0 Å². The van der Waals surface area contributed by atoms with E-state index >= 15 is 0 Å². The highest BCUT2D eigenvalue weighted by molar-refractivity contribution is 9.10. The molecule has 1 aromatic carbocycles. The number of carbonyl (C=O) groups excluding carboxylic acids is 2. The van der Waals surface area contributed by atoms with Gasteiger partial charge in [0.25, 0.3) is 0 Å². The number of aliphatic hydroxyl groups excluding tert-OH is 1. The number of ether oxygens (including phenoxy) is 2. The normalized spacial score (nSPS) is 11.1. The Morgan fingerprint density at radius 2 is 2.00 bits per heavy atom. The van der Waals surface area contributed by atoms with E-state index in [-0.39, 0.29) is 30.1 Å². The van der Waals surface area contributed by atoms with Crippen LogP contribution in [-0.2, 0) is 16.1 Å². The van der Waals surface area contributed by atoms with Gasteiger partial charge >= 0.3 is 5.97 Å². The summed E-state index contributed by atoms with van der Waals surface area (Å²) in [6.45, 7) is 1.63. The zero-order chi connectivity index (χ0) is 17.6. The first-order valence-electron chi connectivity index (χ1n) is 6.93. The number of rotatable bonds is 7. The van der Waals surface area contributed by atoms with Crippen molar-refractivity contribution in [2.75, 3.05) is 27.8 Å². The highest BCUT2D eigenvalue weighted by atomic mass is 79.9. The van der Waals surface area contributed by atoms with Gasteiger partial charge in [-0.15, -0.1) is 0 Å². The third kappa shape index (κ3) is 4.80. The van der Waals surface area contributed by atoms with Gasteiger partial charge < -0.3 is 19.5 Å². The van der Waals surface area contributed by atoms with Crippen LogP contribution in [0.1, 0.15) is 22.8 Å². The fourth-order valence-electron chi connectivity index (χ4n) is 1.88. The van der Waals surface area contributed by atoms with Crippen molar-refractivity contribution in [3.63, 3.8) is 0 Å². The van der Waals surface area contributed by atoms with E-state index in [0.29, 0.717) is 10.0 Å². The van der Waals surface area contributed by atoms with Crippen LogP contribution in [0.15, 0.2) is 28.4 Å². The number of esters is 1. The first kappa shape index (κ1) is 19.2. The molecule has 7 heteroatoms. The number of aliphatic hydroxyl groups is 1. The Morgan fingerprint density at radius 1 is 1.35 bits per heavy atom. The largest absolute Gasteiger partial charge is 0.496 e. The van der Waals surface area contributed by atoms with Crippen molar-refractivity contribution in [1.82, 2.24) is 4.90 Å². The number of Topliss-reactive ketones (excluding diaryl/α,β-unsaturated/α-hetero) is 1. The van der Waals surface area contributed by atoms with E-state index in [0.717, 1.165) is 0 Å². The standard InChI is InChI=1S/C16H20BrNO5/c1-5-23-16(21)12(8-18(2)3)15(20)11-7-13(17)10(9-19)6-14(11)22-4/h6-8,19H,5,9H2,1-4H3/b12-8-. The first-order valence-corrected chi connectivity index (χ1v) is 7.72. The van der Waals surface area contributed by atoms with Crippen LogP contribution in [0.25, 0.3) is 0 Å². The number of hydrogen-bond donors (Lipinski definition) is 1. The number of ketones is 1. The molecule has 1 rings (SSSR count). The Bertz CT molecular complexity index is 625. The molecule has 0 aromatic heterocycles. The van der Waals surface area contributed by atoms with E-state index in [1.165, 1.54) is 19.4 Å². The summed E-state index contributed by atoms with van der Waals surface area (Å²) >= 11 is 3.29. The number of hydrogen-bond acceptors (Lipinski definition) is 6. The summed E-state index contributed by atoms with van der Waals surface area (Å²) in [5.41, 5.74) is 0.684. The van der Waals surface area contributed by atoms with Gasteiger partial charge in [0.1, 0.15) is 11.3 Å². The van der Waals surface area contributed by atoms with Crippen LogP contribution in [0, 0.1) is 0 Å². The molecule has 0 atom stereocenters. The van der Waals surface area contributed by atoms with Crippen LogP contribution < -0.4 is 4.74 Å². The van der Waals surface area contributed by atoms with Crippen LogP contribution in [-0.4, -0.2) is 49.6 Å². The van der Waals surface area contributed by atoms with Crippen LogP contribution in [0.5, 0.6) is 5.75 Å². The van der Waals surface area contributed by atoms with Gasteiger partial charge in [0.05, 0.1) is 25.9 Å². The zero-order valence-electron chi connectivity index (χ0n) is 13.6. The number of benzene rings is 1. The van der Waals surface area contributed by atoms with E-state index in [2.05, 4.69) is 15.9 Å². The molecule has 0 radical (unpaired) electrons. The lowest BCUT2D eigenvalue weighted by Gasteiger charge is -2.14. The van der Waals surface area contributed by atoms with Crippen molar-refractivity contribution in [2.45, 2.75) is 13.5 Å². The molecule has 23 heavy (non-hydrogen) atoms. The van der Waals surface area contributed by atoms with E-state index in [1.807, 2.05) is 0 Å². The fourth-order valence-corrected chi connectivity index (χ4v) is 2.35. The van der Waals surface area contributed by atoms with Crippen molar-refractivity contribution in [2.24, 2.45) is 0 Å². The molecule has 1 N–H and O–H groups in total. The second kappa shape index (κ2) is 8.69. The van der Waals surface area contributed by atoms with Crippen LogP contribution in [0.3, 0.4) is 0 Å². The Labute approximate surface area is 143 Å². The van der Waals surface area contributed by atoms with E-state index in [9.17, 15) is 14.7 Å². The van der Waals surface area contributed by atoms with Crippen LogP contribution >= 0.6 is 15.9 Å². The van der Waals surface area contributed by atoms with Gasteiger partial charge in [-0.05, 0) is 24.6 Å². The Hall–Kier alpha value is -1.86. The van der Waals surface area contributed by atoms with Gasteiger partial charge in [-0.3, -0.25) is 4.79 Å². The molecule has 0 heterocycles. The number of halogens is 1. The topological polar surface area (TPSA) is 76.1 Å². The quantitative estimate of drug-likeness (QED) is 0.255. The monoisotopic (exact) mass is 385 g/mol. The summed E-state index contributed by atoms with van der Waals surface area (Å²) in [5.74, 6) is -0.939. The lowest BCUT2D eigenvalue weighted by molar-refractivity contribution is -0.138. The lowest BCUT2D eigenvalue weighted by Crippen LogP contribution is -2.20. The Kier molecular flexibility index (Phi) is 7.25. The third-order valence-electron chi connectivity index (χ3n) is 2.91. The fraction of sp³-hybridized carbons (Fsp3) is 0.375. The zero-order valence-corrected chi connectivity index (χ0v) is 15.1. The molecule has 0 bridgehead atoms. The molecule has 0 saturated heterocycles. The van der Waals surface area contributed by atoms with Crippen molar-refractivity contribution in [3.8, 4) is 5.75 Å². The molecule has 0 amide bonds. The number of carbonyl (C=O) groups is 2. The second-order valence-electron chi connectivity index (χ2n) is 4.86. The van der Waals surface area contributed by atoms with Crippen molar-refractivity contribution in [3.05, 3.63) is 39.5 Å². The number of nitrogens with zero attached hydrogens (tertiary/aromatic N) is 1. The average molecular weight is 386 g/mol. The summed E-state index contributed by atoms with van der Waals surface area (Å²) in [7, 11) is 4.82. The molecule has 0 spiro atoms. The molecular formula is C16H20BrNO5. The average Bonchev–Trinajstić information content (AvgIpc) is 2.51. The predicted octanol–water partition coefficient (Wildman–Crippen LogP) is 2.14. The SMILES string of the molecule is CCOC(=O)/C(=C\N(C)C)C(=O)c1cc(Br)c(CO)cc1OC. The van der Waals surface area contributed by atoms with Gasteiger partial charge in [-0.25, -0.2) is 4.79 Å². The minimum atomic E-state index is -0.699. The minimum Gasteiger partial charge on any atom is -0.496 e. The molecule has 0 aliphatic rings. The first-order chi connectivity index (χ1) is 10.8. The van der Waals surface area contributed by atoms with E-state index in [4.69, 9.17) is 9.47 Å². The maximum atomic E-state index is 12.8. The highest BCUT2D eigenvalue weighted by Gasteiger charge is 2.25. The number of methoxy groups -OCH3 is 1. The second-order valence-corrected chi connectivity index (χ2v) is 5.71. The van der Waals surface area contributed by atoms with Crippen LogP contribution in [0.2, 0.25) is 0 Å². The smallest absolute Gasteiger partial charge is 0.343 e. The molecule has 6 nitrogen and oxygen atoms in total. The molecule has 0 saturated carbocycles. The van der Waals surface area contributed by atoms with Crippen molar-refractivity contribution in [1.29, 1.82) is 0 Å². The molecular weight excluding hydrogens is 366 g/mol. The van der Waals surface area contributed by atoms with Gasteiger partial charge in [0, 0.05) is 24.8 Å². The predicted molar refractivity (Wildman–Crippen MR) is 89.4 cm³/mol. The molecule has 0 unspecified atom stereocenters.